The minimum atomic E-state index is 0.745. The maximum atomic E-state index is 5.95. The SMILES string of the molecule is Clc1ccc2nc(NCCn3cccn3)sc2c1. The molecule has 0 saturated heterocycles. The van der Waals surface area contributed by atoms with Gasteiger partial charge in [-0.25, -0.2) is 4.98 Å². The summed E-state index contributed by atoms with van der Waals surface area (Å²) in [5.74, 6) is 0. The van der Waals surface area contributed by atoms with Gasteiger partial charge in [-0.2, -0.15) is 5.10 Å². The first kappa shape index (κ1) is 11.5. The quantitative estimate of drug-likeness (QED) is 0.796. The Labute approximate surface area is 113 Å². The Kier molecular flexibility index (Phi) is 3.17. The molecule has 0 saturated carbocycles. The fourth-order valence-electron chi connectivity index (χ4n) is 1.68. The summed E-state index contributed by atoms with van der Waals surface area (Å²) in [5.41, 5.74) is 0.978. The highest BCUT2D eigenvalue weighted by Gasteiger charge is 2.03. The van der Waals surface area contributed by atoms with Crippen molar-refractivity contribution in [3.05, 3.63) is 41.7 Å². The van der Waals surface area contributed by atoms with Crippen molar-refractivity contribution in [3.8, 4) is 0 Å². The molecule has 0 fully saturated rings. The lowest BCUT2D eigenvalue weighted by Gasteiger charge is -2.02. The van der Waals surface area contributed by atoms with Crippen molar-refractivity contribution < 1.29 is 0 Å². The summed E-state index contributed by atoms with van der Waals surface area (Å²) in [6.07, 6.45) is 3.72. The van der Waals surface area contributed by atoms with Crippen molar-refractivity contribution >= 4 is 38.3 Å². The minimum Gasteiger partial charge on any atom is -0.360 e. The molecule has 4 nitrogen and oxygen atoms in total. The number of nitrogens with zero attached hydrogens (tertiary/aromatic N) is 3. The Morgan fingerprint density at radius 1 is 1.39 bits per heavy atom. The van der Waals surface area contributed by atoms with Crippen LogP contribution in [0.15, 0.2) is 36.7 Å². The Hall–Kier alpha value is -1.59. The third-order valence-corrected chi connectivity index (χ3v) is 3.74. The van der Waals surface area contributed by atoms with Crippen LogP contribution >= 0.6 is 22.9 Å². The summed E-state index contributed by atoms with van der Waals surface area (Å²) in [6, 6.07) is 7.65. The topological polar surface area (TPSA) is 42.7 Å². The summed E-state index contributed by atoms with van der Waals surface area (Å²) in [6.45, 7) is 1.62. The summed E-state index contributed by atoms with van der Waals surface area (Å²) in [5, 5.41) is 9.10. The van der Waals surface area contributed by atoms with Crippen LogP contribution in [0.25, 0.3) is 10.2 Å². The van der Waals surface area contributed by atoms with Gasteiger partial charge in [-0.3, -0.25) is 4.68 Å². The van der Waals surface area contributed by atoms with E-state index in [0.29, 0.717) is 0 Å². The van der Waals surface area contributed by atoms with Crippen LogP contribution in [0.5, 0.6) is 0 Å². The van der Waals surface area contributed by atoms with E-state index in [1.54, 1.807) is 17.5 Å². The Bertz CT molecular complexity index is 647. The third-order valence-electron chi connectivity index (χ3n) is 2.53. The Balaban J connectivity index is 1.67. The van der Waals surface area contributed by atoms with Gasteiger partial charge in [-0.15, -0.1) is 0 Å². The molecule has 6 heteroatoms. The van der Waals surface area contributed by atoms with Crippen molar-refractivity contribution in [2.45, 2.75) is 6.54 Å². The fourth-order valence-corrected chi connectivity index (χ4v) is 2.85. The maximum absolute atomic E-state index is 5.95. The molecule has 0 bridgehead atoms. The van der Waals surface area contributed by atoms with Gasteiger partial charge < -0.3 is 5.32 Å². The number of aromatic nitrogens is 3. The van der Waals surface area contributed by atoms with Crippen LogP contribution in [-0.2, 0) is 6.54 Å². The van der Waals surface area contributed by atoms with Crippen LogP contribution in [0.2, 0.25) is 5.02 Å². The van der Waals surface area contributed by atoms with Crippen molar-refractivity contribution in [3.63, 3.8) is 0 Å². The molecule has 0 aliphatic rings. The number of hydrogen-bond donors (Lipinski definition) is 1. The lowest BCUT2D eigenvalue weighted by molar-refractivity contribution is 0.638. The first-order valence-electron chi connectivity index (χ1n) is 5.59. The second kappa shape index (κ2) is 4.96. The second-order valence-corrected chi connectivity index (χ2v) is 5.29. The van der Waals surface area contributed by atoms with E-state index in [1.807, 2.05) is 35.1 Å². The first-order valence-corrected chi connectivity index (χ1v) is 6.78. The van der Waals surface area contributed by atoms with Crippen molar-refractivity contribution in [1.82, 2.24) is 14.8 Å². The third kappa shape index (κ3) is 2.47. The number of rotatable bonds is 4. The molecule has 1 N–H and O–H groups in total. The number of nitrogens with one attached hydrogen (secondary N) is 1. The van der Waals surface area contributed by atoms with Gasteiger partial charge >= 0.3 is 0 Å². The molecule has 0 aliphatic heterocycles. The normalized spacial score (nSPS) is 10.9. The summed E-state index contributed by atoms with van der Waals surface area (Å²) in [4.78, 5) is 4.49. The second-order valence-electron chi connectivity index (χ2n) is 3.83. The molecule has 1 aromatic carbocycles. The van der Waals surface area contributed by atoms with E-state index in [4.69, 9.17) is 11.6 Å². The van der Waals surface area contributed by atoms with Gasteiger partial charge in [-0.1, -0.05) is 22.9 Å². The Morgan fingerprint density at radius 3 is 3.17 bits per heavy atom. The molecule has 0 atom stereocenters. The van der Waals surface area contributed by atoms with Crippen molar-refractivity contribution in [1.29, 1.82) is 0 Å². The molecule has 3 aromatic rings. The van der Waals surface area contributed by atoms with Gasteiger partial charge in [0.1, 0.15) is 0 Å². The van der Waals surface area contributed by atoms with Gasteiger partial charge in [0.15, 0.2) is 5.13 Å². The Morgan fingerprint density at radius 2 is 2.33 bits per heavy atom. The zero-order valence-electron chi connectivity index (χ0n) is 9.51. The van der Waals surface area contributed by atoms with Crippen LogP contribution in [0, 0.1) is 0 Å². The van der Waals surface area contributed by atoms with Crippen molar-refractivity contribution in [2.75, 3.05) is 11.9 Å². The van der Waals surface area contributed by atoms with Crippen molar-refractivity contribution in [2.24, 2.45) is 0 Å². The van der Waals surface area contributed by atoms with Gasteiger partial charge in [0.2, 0.25) is 0 Å². The zero-order valence-corrected chi connectivity index (χ0v) is 11.1. The predicted octanol–water partition coefficient (Wildman–Crippen LogP) is 3.26. The summed E-state index contributed by atoms with van der Waals surface area (Å²) in [7, 11) is 0. The molecule has 0 aliphatic carbocycles. The lowest BCUT2D eigenvalue weighted by Crippen LogP contribution is -2.10. The lowest BCUT2D eigenvalue weighted by atomic mass is 10.3. The maximum Gasteiger partial charge on any atom is 0.183 e. The molecule has 0 amide bonds. The molecule has 18 heavy (non-hydrogen) atoms. The molecule has 2 aromatic heterocycles. The number of benzene rings is 1. The average Bonchev–Trinajstić information content (AvgIpc) is 2.97. The van der Waals surface area contributed by atoms with E-state index >= 15 is 0 Å². The summed E-state index contributed by atoms with van der Waals surface area (Å²) >= 11 is 7.56. The highest BCUT2D eigenvalue weighted by molar-refractivity contribution is 7.22. The highest BCUT2D eigenvalue weighted by Crippen LogP contribution is 2.27. The average molecular weight is 279 g/mol. The molecular weight excluding hydrogens is 268 g/mol. The van der Waals surface area contributed by atoms with Crippen LogP contribution in [0.3, 0.4) is 0 Å². The monoisotopic (exact) mass is 278 g/mol. The fraction of sp³-hybridized carbons (Fsp3) is 0.167. The van der Waals surface area contributed by atoms with Crippen LogP contribution in [-0.4, -0.2) is 21.3 Å². The van der Waals surface area contributed by atoms with E-state index in [2.05, 4.69) is 15.4 Å². The largest absolute Gasteiger partial charge is 0.360 e. The van der Waals surface area contributed by atoms with Gasteiger partial charge in [0, 0.05) is 24.0 Å². The molecule has 3 rings (SSSR count). The number of hydrogen-bond acceptors (Lipinski definition) is 4. The van der Waals surface area contributed by atoms with Gasteiger partial charge in [0.05, 0.1) is 16.8 Å². The standard InChI is InChI=1S/C12H11ClN4S/c13-9-2-3-10-11(8-9)18-12(16-10)14-5-7-17-6-1-4-15-17/h1-4,6,8H,5,7H2,(H,14,16). The summed E-state index contributed by atoms with van der Waals surface area (Å²) < 4.78 is 2.99. The molecule has 0 unspecified atom stereocenters. The molecule has 2 heterocycles. The van der Waals surface area contributed by atoms with E-state index in [1.165, 1.54) is 0 Å². The molecule has 92 valence electrons. The molecular formula is C12H11ClN4S. The van der Waals surface area contributed by atoms with Crippen LogP contribution < -0.4 is 5.32 Å². The number of fused-ring (bicyclic) bond motifs is 1. The van der Waals surface area contributed by atoms with Crippen LogP contribution in [0.1, 0.15) is 0 Å². The van der Waals surface area contributed by atoms with E-state index < -0.39 is 0 Å². The number of halogens is 1. The minimum absolute atomic E-state index is 0.745. The van der Waals surface area contributed by atoms with E-state index in [-0.39, 0.29) is 0 Å². The zero-order chi connectivity index (χ0) is 12.4. The first-order chi connectivity index (χ1) is 8.81. The van der Waals surface area contributed by atoms with E-state index in [9.17, 15) is 0 Å². The van der Waals surface area contributed by atoms with Gasteiger partial charge in [0.25, 0.3) is 0 Å². The highest BCUT2D eigenvalue weighted by atomic mass is 35.5. The predicted molar refractivity (Wildman–Crippen MR) is 75.3 cm³/mol. The van der Waals surface area contributed by atoms with Crippen LogP contribution in [0.4, 0.5) is 5.13 Å². The number of anilines is 1. The smallest absolute Gasteiger partial charge is 0.183 e. The molecule has 0 spiro atoms. The molecule has 0 radical (unpaired) electrons. The number of thiazole rings is 1. The van der Waals surface area contributed by atoms with E-state index in [0.717, 1.165) is 33.5 Å². The van der Waals surface area contributed by atoms with Gasteiger partial charge in [-0.05, 0) is 24.3 Å².